The van der Waals surface area contributed by atoms with Gasteiger partial charge in [-0.05, 0) is 10.3 Å². The van der Waals surface area contributed by atoms with Gasteiger partial charge >= 0.3 is 0 Å². The van der Waals surface area contributed by atoms with Gasteiger partial charge in [0.1, 0.15) is 0 Å². The molecule has 0 radical (unpaired) electrons. The lowest BCUT2D eigenvalue weighted by atomic mass is 10.4. The number of nitrogens with two attached hydrogens (primary N) is 1. The maximum absolute atomic E-state index is 5.55. The molecule has 74 valence electrons. The molecule has 0 aliphatic carbocycles. The van der Waals surface area contributed by atoms with Crippen LogP contribution in [0.15, 0.2) is 17.0 Å². The summed E-state index contributed by atoms with van der Waals surface area (Å²) in [5, 5.41) is 7.75. The molecule has 7 nitrogen and oxygen atoms in total. The van der Waals surface area contributed by atoms with E-state index in [1.165, 1.54) is 11.3 Å². The molecular formula is C7H4N6OS. The smallest absolute Gasteiger partial charge is 0.198 e. The first kappa shape index (κ1) is 8.24. The maximum Gasteiger partial charge on any atom is 0.198 e. The molecule has 0 atom stereocenters. The molecule has 15 heavy (non-hydrogen) atoms. The molecule has 3 aromatic heterocycles. The summed E-state index contributed by atoms with van der Waals surface area (Å²) in [4.78, 5) is 13.1. The monoisotopic (exact) mass is 220 g/mol. The molecule has 0 unspecified atom stereocenters. The molecule has 0 spiro atoms. The van der Waals surface area contributed by atoms with Crippen LogP contribution in [0.2, 0.25) is 0 Å². The van der Waals surface area contributed by atoms with Crippen molar-refractivity contribution < 1.29 is 4.63 Å². The second kappa shape index (κ2) is 2.95. The standard InChI is InChI=1S/C7H4N6OS/c8-4-3(12-14-13-4)6-11-5-7(15-6)10-2-1-9-5/h1-2H,(H2,8,13). The van der Waals surface area contributed by atoms with Gasteiger partial charge in [0.2, 0.25) is 0 Å². The van der Waals surface area contributed by atoms with Crippen molar-refractivity contribution in [3.8, 4) is 10.7 Å². The molecule has 8 heteroatoms. The first-order chi connectivity index (χ1) is 7.34. The van der Waals surface area contributed by atoms with E-state index >= 15 is 0 Å². The highest BCUT2D eigenvalue weighted by atomic mass is 32.1. The number of hydrogen-bond donors (Lipinski definition) is 1. The molecule has 0 saturated carbocycles. The molecule has 3 aromatic rings. The predicted octanol–water partition coefficient (Wildman–Crippen LogP) is 0.718. The molecule has 0 bridgehead atoms. The van der Waals surface area contributed by atoms with E-state index in [1.807, 2.05) is 0 Å². The highest BCUT2D eigenvalue weighted by Crippen LogP contribution is 2.28. The second-order valence-electron chi connectivity index (χ2n) is 2.70. The summed E-state index contributed by atoms with van der Waals surface area (Å²) in [6, 6.07) is 0. The summed E-state index contributed by atoms with van der Waals surface area (Å²) >= 11 is 1.34. The lowest BCUT2D eigenvalue weighted by Gasteiger charge is -1.84. The van der Waals surface area contributed by atoms with Gasteiger partial charge in [-0.25, -0.2) is 19.6 Å². The Morgan fingerprint density at radius 2 is 2.07 bits per heavy atom. The van der Waals surface area contributed by atoms with Crippen molar-refractivity contribution in [3.63, 3.8) is 0 Å². The van der Waals surface area contributed by atoms with E-state index in [4.69, 9.17) is 5.73 Å². The molecule has 0 aliphatic rings. The quantitative estimate of drug-likeness (QED) is 0.644. The van der Waals surface area contributed by atoms with Crippen LogP contribution in [-0.2, 0) is 0 Å². The van der Waals surface area contributed by atoms with E-state index in [0.29, 0.717) is 16.3 Å². The molecular weight excluding hydrogens is 216 g/mol. The Hall–Kier alpha value is -2.09. The van der Waals surface area contributed by atoms with Crippen molar-refractivity contribution >= 4 is 27.6 Å². The molecule has 0 amide bonds. The fourth-order valence-electron chi connectivity index (χ4n) is 1.12. The van der Waals surface area contributed by atoms with Crippen LogP contribution in [0.4, 0.5) is 5.82 Å². The van der Waals surface area contributed by atoms with E-state index in [-0.39, 0.29) is 5.82 Å². The minimum absolute atomic E-state index is 0.217. The summed E-state index contributed by atoms with van der Waals surface area (Å²) < 4.78 is 4.50. The Kier molecular flexibility index (Phi) is 1.62. The van der Waals surface area contributed by atoms with Gasteiger partial charge in [0.05, 0.1) is 0 Å². The van der Waals surface area contributed by atoms with Gasteiger partial charge in [-0.3, -0.25) is 0 Å². The zero-order chi connectivity index (χ0) is 10.3. The highest BCUT2D eigenvalue weighted by Gasteiger charge is 2.14. The molecule has 3 rings (SSSR count). The van der Waals surface area contributed by atoms with Gasteiger partial charge in [0, 0.05) is 12.4 Å². The van der Waals surface area contributed by atoms with Crippen LogP contribution in [0.5, 0.6) is 0 Å². The lowest BCUT2D eigenvalue weighted by Crippen LogP contribution is -1.87. The fourth-order valence-corrected chi connectivity index (χ4v) is 1.98. The number of thiazole rings is 1. The van der Waals surface area contributed by atoms with Gasteiger partial charge in [-0.1, -0.05) is 11.3 Å². The van der Waals surface area contributed by atoms with Crippen molar-refractivity contribution in [2.24, 2.45) is 0 Å². The van der Waals surface area contributed by atoms with Crippen molar-refractivity contribution in [2.45, 2.75) is 0 Å². The van der Waals surface area contributed by atoms with Crippen LogP contribution in [-0.4, -0.2) is 25.3 Å². The van der Waals surface area contributed by atoms with Crippen LogP contribution < -0.4 is 5.73 Å². The number of fused-ring (bicyclic) bond motifs is 1. The van der Waals surface area contributed by atoms with Crippen molar-refractivity contribution in [1.82, 2.24) is 25.3 Å². The van der Waals surface area contributed by atoms with Crippen LogP contribution in [0, 0.1) is 0 Å². The Morgan fingerprint density at radius 3 is 2.80 bits per heavy atom. The number of nitrogen functional groups attached to an aromatic ring is 1. The van der Waals surface area contributed by atoms with E-state index in [2.05, 4.69) is 29.9 Å². The molecule has 0 saturated heterocycles. The third-order valence-electron chi connectivity index (χ3n) is 1.76. The summed E-state index contributed by atoms with van der Waals surface area (Å²) in [5.74, 6) is 0.217. The number of hydrogen-bond acceptors (Lipinski definition) is 8. The molecule has 2 N–H and O–H groups in total. The van der Waals surface area contributed by atoms with E-state index in [0.717, 1.165) is 4.83 Å². The topological polar surface area (TPSA) is 104 Å². The number of rotatable bonds is 1. The van der Waals surface area contributed by atoms with Gasteiger partial charge in [0.25, 0.3) is 0 Å². The van der Waals surface area contributed by atoms with Crippen molar-refractivity contribution in [2.75, 3.05) is 5.73 Å². The van der Waals surface area contributed by atoms with Crippen LogP contribution in [0.25, 0.3) is 21.2 Å². The summed E-state index contributed by atoms with van der Waals surface area (Å²) in [7, 11) is 0. The lowest BCUT2D eigenvalue weighted by molar-refractivity contribution is 0.310. The van der Waals surface area contributed by atoms with E-state index < -0.39 is 0 Å². The average molecular weight is 220 g/mol. The Morgan fingerprint density at radius 1 is 1.20 bits per heavy atom. The SMILES string of the molecule is Nc1nonc1-c1nc2nccnc2s1. The van der Waals surface area contributed by atoms with Crippen LogP contribution in [0.3, 0.4) is 0 Å². The zero-order valence-corrected chi connectivity index (χ0v) is 8.10. The third kappa shape index (κ3) is 1.22. The predicted molar refractivity (Wildman–Crippen MR) is 52.9 cm³/mol. The molecule has 3 heterocycles. The first-order valence-corrected chi connectivity index (χ1v) is 4.82. The summed E-state index contributed by atoms with van der Waals surface area (Å²) in [6.07, 6.45) is 3.19. The first-order valence-electron chi connectivity index (χ1n) is 4.00. The minimum Gasteiger partial charge on any atom is -0.379 e. The maximum atomic E-state index is 5.55. The van der Waals surface area contributed by atoms with Crippen molar-refractivity contribution in [1.29, 1.82) is 0 Å². The fraction of sp³-hybridized carbons (Fsp3) is 0. The number of aromatic nitrogens is 5. The average Bonchev–Trinajstić information content (AvgIpc) is 2.82. The van der Waals surface area contributed by atoms with E-state index in [1.54, 1.807) is 12.4 Å². The van der Waals surface area contributed by atoms with Gasteiger partial charge < -0.3 is 5.73 Å². The number of nitrogens with zero attached hydrogens (tertiary/aromatic N) is 5. The largest absolute Gasteiger partial charge is 0.379 e. The number of anilines is 1. The third-order valence-corrected chi connectivity index (χ3v) is 2.72. The highest BCUT2D eigenvalue weighted by molar-refractivity contribution is 7.21. The summed E-state index contributed by atoms with van der Waals surface area (Å²) in [6.45, 7) is 0. The Balaban J connectivity index is 2.24. The molecule has 0 fully saturated rings. The summed E-state index contributed by atoms with van der Waals surface area (Å²) in [5.41, 5.74) is 6.55. The zero-order valence-electron chi connectivity index (χ0n) is 7.28. The van der Waals surface area contributed by atoms with Gasteiger partial charge in [0.15, 0.2) is 27.0 Å². The normalized spacial score (nSPS) is 10.9. The van der Waals surface area contributed by atoms with Gasteiger partial charge in [-0.2, -0.15) is 0 Å². The second-order valence-corrected chi connectivity index (χ2v) is 3.68. The molecule has 0 aromatic carbocycles. The molecule has 0 aliphatic heterocycles. The van der Waals surface area contributed by atoms with E-state index in [9.17, 15) is 0 Å². The Bertz CT molecular complexity index is 584. The van der Waals surface area contributed by atoms with Gasteiger partial charge in [-0.15, -0.1) is 0 Å². The van der Waals surface area contributed by atoms with Crippen molar-refractivity contribution in [3.05, 3.63) is 12.4 Å². The van der Waals surface area contributed by atoms with Crippen LogP contribution in [0.1, 0.15) is 0 Å². The minimum atomic E-state index is 0.217. The van der Waals surface area contributed by atoms with Crippen LogP contribution >= 0.6 is 11.3 Å². The Labute approximate surface area is 86.9 Å².